The van der Waals surface area contributed by atoms with Gasteiger partial charge in [0.15, 0.2) is 0 Å². The third-order valence-corrected chi connectivity index (χ3v) is 2.75. The summed E-state index contributed by atoms with van der Waals surface area (Å²) in [6.45, 7) is 1.84. The fourth-order valence-corrected chi connectivity index (χ4v) is 1.92. The van der Waals surface area contributed by atoms with Gasteiger partial charge in [-0.2, -0.15) is 23.4 Å². The summed E-state index contributed by atoms with van der Waals surface area (Å²) in [4.78, 5) is 0. The van der Waals surface area contributed by atoms with Crippen LogP contribution in [0.1, 0.15) is 17.1 Å². The molecule has 0 spiro atoms. The predicted molar refractivity (Wildman–Crippen MR) is 66.8 cm³/mol. The summed E-state index contributed by atoms with van der Waals surface area (Å²) in [5.41, 5.74) is 2.52. The van der Waals surface area contributed by atoms with Gasteiger partial charge in [0.05, 0.1) is 17.1 Å². The lowest BCUT2D eigenvalue weighted by atomic mass is 10.3. The Morgan fingerprint density at radius 1 is 1.25 bits per heavy atom. The number of hydrogen-bond acceptors (Lipinski definition) is 3. The highest BCUT2D eigenvalue weighted by atomic mass is 19.4. The van der Waals surface area contributed by atoms with Crippen molar-refractivity contribution in [2.24, 2.45) is 7.05 Å². The number of halogens is 3. The Morgan fingerprint density at radius 2 is 2.00 bits per heavy atom. The first-order valence-electron chi connectivity index (χ1n) is 6.13. The third kappa shape index (κ3) is 4.09. The second kappa shape index (κ2) is 5.66. The van der Waals surface area contributed by atoms with Crippen LogP contribution in [0.5, 0.6) is 0 Å². The second-order valence-electron chi connectivity index (χ2n) is 4.62. The van der Waals surface area contributed by atoms with E-state index in [-0.39, 0.29) is 0 Å². The van der Waals surface area contributed by atoms with E-state index in [9.17, 15) is 13.2 Å². The summed E-state index contributed by atoms with van der Waals surface area (Å²) in [5.74, 6) is 0. The topological polar surface area (TPSA) is 47.7 Å². The first kappa shape index (κ1) is 14.6. The van der Waals surface area contributed by atoms with E-state index in [4.69, 9.17) is 0 Å². The molecule has 0 aromatic carbocycles. The lowest BCUT2D eigenvalue weighted by Gasteiger charge is -2.06. The van der Waals surface area contributed by atoms with E-state index >= 15 is 0 Å². The zero-order chi connectivity index (χ0) is 14.8. The van der Waals surface area contributed by atoms with Gasteiger partial charge in [0, 0.05) is 26.3 Å². The molecule has 0 radical (unpaired) electrons. The van der Waals surface area contributed by atoms with Gasteiger partial charge in [0.1, 0.15) is 6.54 Å². The highest BCUT2D eigenvalue weighted by molar-refractivity contribution is 5.08. The summed E-state index contributed by atoms with van der Waals surface area (Å²) < 4.78 is 39.2. The first-order valence-corrected chi connectivity index (χ1v) is 6.13. The zero-order valence-corrected chi connectivity index (χ0v) is 11.3. The van der Waals surface area contributed by atoms with Gasteiger partial charge in [-0.1, -0.05) is 0 Å². The number of rotatable bonds is 5. The highest BCUT2D eigenvalue weighted by Crippen LogP contribution is 2.16. The van der Waals surface area contributed by atoms with Crippen molar-refractivity contribution in [1.29, 1.82) is 0 Å². The zero-order valence-electron chi connectivity index (χ0n) is 11.3. The van der Waals surface area contributed by atoms with Crippen molar-refractivity contribution < 1.29 is 13.2 Å². The quantitative estimate of drug-likeness (QED) is 0.912. The Labute approximate surface area is 114 Å². The van der Waals surface area contributed by atoms with Crippen LogP contribution < -0.4 is 5.32 Å². The molecular weight excluding hydrogens is 271 g/mol. The molecule has 0 bridgehead atoms. The van der Waals surface area contributed by atoms with E-state index < -0.39 is 12.7 Å². The maximum Gasteiger partial charge on any atom is 0.408 e. The number of hydrogen-bond donors (Lipinski definition) is 1. The van der Waals surface area contributed by atoms with Crippen molar-refractivity contribution in [1.82, 2.24) is 24.9 Å². The van der Waals surface area contributed by atoms with Crippen molar-refractivity contribution in [2.75, 3.05) is 0 Å². The molecule has 1 N–H and O–H groups in total. The van der Waals surface area contributed by atoms with Crippen molar-refractivity contribution >= 4 is 0 Å². The maximum absolute atomic E-state index is 12.2. The van der Waals surface area contributed by atoms with Gasteiger partial charge in [-0.15, -0.1) is 0 Å². The average Bonchev–Trinajstić information content (AvgIpc) is 2.84. The minimum absolute atomic E-state index is 0.412. The molecule has 0 saturated carbocycles. The first-order chi connectivity index (χ1) is 9.33. The molecule has 0 atom stereocenters. The van der Waals surface area contributed by atoms with Gasteiger partial charge in [-0.05, 0) is 19.1 Å². The smallest absolute Gasteiger partial charge is 0.305 e. The van der Waals surface area contributed by atoms with Gasteiger partial charge in [-0.3, -0.25) is 9.36 Å². The molecule has 0 aliphatic carbocycles. The molecule has 8 heteroatoms. The minimum atomic E-state index is -4.25. The van der Waals surface area contributed by atoms with Gasteiger partial charge >= 0.3 is 6.18 Å². The fraction of sp³-hybridized carbons (Fsp3) is 0.500. The van der Waals surface area contributed by atoms with E-state index in [0.717, 1.165) is 16.1 Å². The summed E-state index contributed by atoms with van der Waals surface area (Å²) in [5, 5.41) is 11.2. The van der Waals surface area contributed by atoms with Crippen molar-refractivity contribution in [3.05, 3.63) is 35.4 Å². The summed E-state index contributed by atoms with van der Waals surface area (Å²) in [6.07, 6.45) is -2.92. The molecule has 2 rings (SSSR count). The van der Waals surface area contributed by atoms with E-state index in [2.05, 4.69) is 15.5 Å². The Bertz CT molecular complexity index is 570. The van der Waals surface area contributed by atoms with Crippen LogP contribution in [-0.2, 0) is 26.7 Å². The Balaban J connectivity index is 1.84. The van der Waals surface area contributed by atoms with Crippen LogP contribution in [-0.4, -0.2) is 25.7 Å². The molecule has 20 heavy (non-hydrogen) atoms. The van der Waals surface area contributed by atoms with Gasteiger partial charge in [-0.25, -0.2) is 0 Å². The molecule has 0 fully saturated rings. The fourth-order valence-electron chi connectivity index (χ4n) is 1.92. The second-order valence-corrected chi connectivity index (χ2v) is 4.62. The number of nitrogens with zero attached hydrogens (tertiary/aromatic N) is 4. The SMILES string of the molecule is Cc1cc(CNCc2ccn(CC(F)(F)F)n2)n(C)n1. The third-order valence-electron chi connectivity index (χ3n) is 2.75. The molecule has 0 unspecified atom stereocenters. The Hall–Kier alpha value is -1.83. The lowest BCUT2D eigenvalue weighted by Crippen LogP contribution is -2.19. The van der Waals surface area contributed by atoms with Crippen LogP contribution in [0, 0.1) is 6.92 Å². The molecule has 0 amide bonds. The summed E-state index contributed by atoms with van der Waals surface area (Å²) in [7, 11) is 1.85. The maximum atomic E-state index is 12.2. The molecule has 2 aromatic heterocycles. The van der Waals surface area contributed by atoms with Gasteiger partial charge in [0.2, 0.25) is 0 Å². The van der Waals surface area contributed by atoms with Crippen LogP contribution in [0.4, 0.5) is 13.2 Å². The highest BCUT2D eigenvalue weighted by Gasteiger charge is 2.28. The molecule has 2 heterocycles. The normalized spacial score (nSPS) is 12.1. The van der Waals surface area contributed by atoms with Gasteiger partial charge < -0.3 is 5.32 Å². The molecule has 5 nitrogen and oxygen atoms in total. The molecule has 0 aliphatic rings. The van der Waals surface area contributed by atoms with Crippen LogP contribution in [0.25, 0.3) is 0 Å². The Morgan fingerprint density at radius 3 is 2.60 bits per heavy atom. The van der Waals surface area contributed by atoms with Crippen molar-refractivity contribution in [3.8, 4) is 0 Å². The molecule has 0 aliphatic heterocycles. The monoisotopic (exact) mass is 287 g/mol. The van der Waals surface area contributed by atoms with Crippen LogP contribution in [0.2, 0.25) is 0 Å². The van der Waals surface area contributed by atoms with E-state index in [1.165, 1.54) is 6.20 Å². The molecule has 2 aromatic rings. The van der Waals surface area contributed by atoms with Crippen molar-refractivity contribution in [3.63, 3.8) is 0 Å². The van der Waals surface area contributed by atoms with E-state index in [1.807, 2.05) is 20.0 Å². The number of aromatic nitrogens is 4. The lowest BCUT2D eigenvalue weighted by molar-refractivity contribution is -0.142. The standard InChI is InChI=1S/C12H16F3N5/c1-9-5-11(19(2)17-9)7-16-6-10-3-4-20(18-10)8-12(13,14)15/h3-5,16H,6-8H2,1-2H3. The van der Waals surface area contributed by atoms with E-state index in [0.29, 0.717) is 18.8 Å². The van der Waals surface area contributed by atoms with E-state index in [1.54, 1.807) is 10.7 Å². The van der Waals surface area contributed by atoms with Crippen molar-refractivity contribution in [2.45, 2.75) is 32.7 Å². The molecule has 0 saturated heterocycles. The summed E-state index contributed by atoms with van der Waals surface area (Å²) >= 11 is 0. The predicted octanol–water partition coefficient (Wildman–Crippen LogP) is 1.78. The van der Waals surface area contributed by atoms with Crippen LogP contribution >= 0.6 is 0 Å². The minimum Gasteiger partial charge on any atom is -0.305 e. The number of alkyl halides is 3. The number of nitrogens with one attached hydrogen (secondary N) is 1. The Kier molecular flexibility index (Phi) is 4.12. The summed E-state index contributed by atoms with van der Waals surface area (Å²) in [6, 6.07) is 3.53. The average molecular weight is 287 g/mol. The molecule has 110 valence electrons. The van der Waals surface area contributed by atoms with Crippen LogP contribution in [0.3, 0.4) is 0 Å². The largest absolute Gasteiger partial charge is 0.408 e. The molecular formula is C12H16F3N5. The number of aryl methyl sites for hydroxylation is 2. The van der Waals surface area contributed by atoms with Crippen LogP contribution in [0.15, 0.2) is 18.3 Å². The van der Waals surface area contributed by atoms with Gasteiger partial charge in [0.25, 0.3) is 0 Å².